The smallest absolute Gasteiger partial charge is 0.335 e. The molecule has 0 spiro atoms. The first-order valence-corrected chi connectivity index (χ1v) is 19.8. The van der Waals surface area contributed by atoms with Gasteiger partial charge in [-0.25, -0.2) is 4.79 Å². The summed E-state index contributed by atoms with van der Waals surface area (Å²) in [7, 11) is 0. The third-order valence-electron chi connectivity index (χ3n) is 11.1. The zero-order chi connectivity index (χ0) is 45.7. The van der Waals surface area contributed by atoms with E-state index < -0.39 is 186 Å². The van der Waals surface area contributed by atoms with E-state index in [1.54, 1.807) is 0 Å². The topological polar surface area (TPSA) is 459 Å². The fourth-order valence-electron chi connectivity index (χ4n) is 7.57. The van der Waals surface area contributed by atoms with Crippen molar-refractivity contribution < 1.29 is 134 Å². The minimum atomic E-state index is -2.31. The molecule has 5 saturated heterocycles. The van der Waals surface area contributed by atoms with E-state index >= 15 is 0 Å². The Hall–Kier alpha value is -1.57. The molecular weight excluding hydrogens is 854 g/mol. The van der Waals surface area contributed by atoms with Gasteiger partial charge in [0.1, 0.15) is 116 Å². The first-order chi connectivity index (χ1) is 29.4. The molecule has 5 heterocycles. The van der Waals surface area contributed by atoms with E-state index in [1.165, 1.54) is 0 Å². The van der Waals surface area contributed by atoms with Gasteiger partial charge in [0, 0.05) is 6.61 Å². The summed E-state index contributed by atoms with van der Waals surface area (Å²) in [6, 6.07) is 0. The van der Waals surface area contributed by atoms with Gasteiger partial charge in [0.2, 0.25) is 0 Å². The van der Waals surface area contributed by atoms with Gasteiger partial charge in [-0.1, -0.05) is 0 Å². The molecule has 15 unspecified atom stereocenters. The standard InChI is InChI=1S/C34H59NO27/c35-3-1-2-4-53-30-20(47)15(42)24(10(6-37)55-30)59-32-21(48)16(43)26(12(8-39)56-32)60-34-23(50)18(45)27(28(62-34)29(51)52)61-33-22(49)17(44)25(11(7-38)57-33)58-31-19(46)14(41)13(40)9(5-36)54-31/h9-28,30-34,36-50H,1-8,35H2,(H,51,52)/t9?,10?,11?,12?,13-,14?,15?,16?,17?,18?,19?,20?,21?,22?,23?,24-,25+,26-,27+,28?,30+,31-,32+,33-,34-/m1/s1. The fourth-order valence-corrected chi connectivity index (χ4v) is 7.57. The molecule has 28 heteroatoms. The van der Waals surface area contributed by atoms with E-state index in [9.17, 15) is 86.5 Å². The summed E-state index contributed by atoms with van der Waals surface area (Å²) in [5.74, 6) is -1.87. The van der Waals surface area contributed by atoms with Crippen LogP contribution in [0.25, 0.3) is 0 Å². The number of ether oxygens (including phenoxy) is 10. The number of aliphatic hydroxyl groups excluding tert-OH is 15. The largest absolute Gasteiger partial charge is 0.479 e. The van der Waals surface area contributed by atoms with Crippen molar-refractivity contribution >= 4 is 5.97 Å². The van der Waals surface area contributed by atoms with Gasteiger partial charge in [0.25, 0.3) is 0 Å². The number of carboxylic acid groups (broad SMARTS) is 1. The maximum atomic E-state index is 12.4. The van der Waals surface area contributed by atoms with Crippen molar-refractivity contribution in [3.05, 3.63) is 0 Å². The summed E-state index contributed by atoms with van der Waals surface area (Å²) in [6.45, 7) is -3.17. The summed E-state index contributed by atoms with van der Waals surface area (Å²) >= 11 is 0. The molecule has 0 aromatic carbocycles. The number of carbonyl (C=O) groups is 1. The van der Waals surface area contributed by atoms with Crippen molar-refractivity contribution in [2.45, 2.75) is 166 Å². The Labute approximate surface area is 351 Å². The number of nitrogens with two attached hydrogens (primary N) is 1. The Morgan fingerprint density at radius 3 is 1.16 bits per heavy atom. The van der Waals surface area contributed by atoms with Crippen molar-refractivity contribution in [1.29, 1.82) is 0 Å². The molecule has 0 saturated carbocycles. The summed E-state index contributed by atoms with van der Waals surface area (Å²) in [5, 5.41) is 168. The first-order valence-electron chi connectivity index (χ1n) is 19.8. The number of aliphatic hydroxyl groups is 15. The Morgan fingerprint density at radius 1 is 0.419 bits per heavy atom. The zero-order valence-corrected chi connectivity index (χ0v) is 32.8. The molecule has 0 radical (unpaired) electrons. The van der Waals surface area contributed by atoms with Gasteiger partial charge in [-0.15, -0.1) is 0 Å². The highest BCUT2D eigenvalue weighted by atomic mass is 16.8. The lowest BCUT2D eigenvalue weighted by Gasteiger charge is -2.49. The van der Waals surface area contributed by atoms with Crippen molar-refractivity contribution in [3.63, 3.8) is 0 Å². The quantitative estimate of drug-likeness (QED) is 0.0568. The van der Waals surface area contributed by atoms with Crippen LogP contribution in [0.2, 0.25) is 0 Å². The highest BCUT2D eigenvalue weighted by molar-refractivity contribution is 5.73. The fraction of sp³-hybridized carbons (Fsp3) is 0.971. The molecule has 0 aliphatic carbocycles. The van der Waals surface area contributed by atoms with Gasteiger partial charge < -0.3 is 135 Å². The lowest BCUT2D eigenvalue weighted by atomic mass is 9.95. The molecule has 62 heavy (non-hydrogen) atoms. The number of hydrogen-bond donors (Lipinski definition) is 17. The van der Waals surface area contributed by atoms with Gasteiger partial charge in [0.05, 0.1) is 26.4 Å². The highest BCUT2D eigenvalue weighted by Crippen LogP contribution is 2.36. The van der Waals surface area contributed by atoms with Crippen LogP contribution in [0.3, 0.4) is 0 Å². The van der Waals surface area contributed by atoms with Crippen molar-refractivity contribution in [3.8, 4) is 0 Å². The van der Waals surface area contributed by atoms with E-state index in [-0.39, 0.29) is 6.61 Å². The normalized spacial score (nSPS) is 49.1. The number of hydrogen-bond acceptors (Lipinski definition) is 27. The van der Waals surface area contributed by atoms with Crippen LogP contribution in [0, 0.1) is 0 Å². The highest BCUT2D eigenvalue weighted by Gasteiger charge is 2.57. The lowest BCUT2D eigenvalue weighted by molar-refractivity contribution is -0.390. The van der Waals surface area contributed by atoms with Gasteiger partial charge >= 0.3 is 5.97 Å². The average Bonchev–Trinajstić information content (AvgIpc) is 3.25. The van der Waals surface area contributed by atoms with Crippen LogP contribution >= 0.6 is 0 Å². The Bertz CT molecular complexity index is 1370. The molecule has 5 fully saturated rings. The predicted molar refractivity (Wildman–Crippen MR) is 189 cm³/mol. The van der Waals surface area contributed by atoms with Gasteiger partial charge in [-0.3, -0.25) is 0 Å². The van der Waals surface area contributed by atoms with Gasteiger partial charge in [-0.05, 0) is 19.4 Å². The lowest BCUT2D eigenvalue weighted by Crippen LogP contribution is -2.68. The summed E-state index contributed by atoms with van der Waals surface area (Å²) in [5.41, 5.74) is 5.46. The summed E-state index contributed by atoms with van der Waals surface area (Å²) in [4.78, 5) is 12.4. The number of rotatable bonds is 18. The first kappa shape index (κ1) is 51.4. The monoisotopic (exact) mass is 913 g/mol. The molecule has 28 nitrogen and oxygen atoms in total. The Morgan fingerprint density at radius 2 is 0.758 bits per heavy atom. The second kappa shape index (κ2) is 22.8. The van der Waals surface area contributed by atoms with Crippen LogP contribution < -0.4 is 5.73 Å². The number of carboxylic acids is 1. The SMILES string of the molecule is NCCCCO[C@H]1OC(CO)[C@@H](O[C@@H]2OC(CO)[C@@H](O[C@@H]3OC(C(=O)O)[C@@H](O[C@H]4OC(CO)[C@H](O[C@H]5OC(CO)[C@@H](O)C(O)C5O)C(O)C4O)C(O)C3O)C(O)C2O)C(O)C1O. The van der Waals surface area contributed by atoms with E-state index in [2.05, 4.69) is 0 Å². The number of aliphatic carboxylic acids is 1. The summed E-state index contributed by atoms with van der Waals surface area (Å²) in [6.07, 6.45) is -46.6. The maximum absolute atomic E-state index is 12.4. The molecular formula is C34H59NO27. The third-order valence-corrected chi connectivity index (χ3v) is 11.1. The van der Waals surface area contributed by atoms with Crippen LogP contribution in [0.15, 0.2) is 0 Å². The van der Waals surface area contributed by atoms with Gasteiger partial charge in [-0.2, -0.15) is 0 Å². The van der Waals surface area contributed by atoms with Gasteiger partial charge in [0.15, 0.2) is 37.6 Å². The minimum Gasteiger partial charge on any atom is -0.479 e. The minimum absolute atomic E-state index is 0.0891. The maximum Gasteiger partial charge on any atom is 0.335 e. The molecule has 0 amide bonds. The second-order valence-electron chi connectivity index (χ2n) is 15.3. The number of unbranched alkanes of at least 4 members (excludes halogenated alkanes) is 1. The molecule has 5 aliphatic heterocycles. The predicted octanol–water partition coefficient (Wildman–Crippen LogP) is -11.1. The zero-order valence-electron chi connectivity index (χ0n) is 32.8. The Balaban J connectivity index is 1.23. The molecule has 18 N–H and O–H groups in total. The van der Waals surface area contributed by atoms with E-state index in [0.29, 0.717) is 19.4 Å². The molecule has 0 bridgehead atoms. The van der Waals surface area contributed by atoms with Crippen molar-refractivity contribution in [1.82, 2.24) is 0 Å². The van der Waals surface area contributed by atoms with Crippen LogP contribution in [0.1, 0.15) is 12.8 Å². The molecule has 25 atom stereocenters. The van der Waals surface area contributed by atoms with E-state index in [1.807, 2.05) is 0 Å². The molecule has 0 aromatic heterocycles. The van der Waals surface area contributed by atoms with E-state index in [0.717, 1.165) is 0 Å². The van der Waals surface area contributed by atoms with Crippen molar-refractivity contribution in [2.75, 3.05) is 39.6 Å². The molecule has 5 rings (SSSR count). The van der Waals surface area contributed by atoms with Crippen molar-refractivity contribution in [2.24, 2.45) is 5.73 Å². The molecule has 0 aromatic rings. The molecule has 362 valence electrons. The van der Waals surface area contributed by atoms with Crippen LogP contribution in [0.5, 0.6) is 0 Å². The Kier molecular flexibility index (Phi) is 18.9. The second-order valence-corrected chi connectivity index (χ2v) is 15.3. The average molecular weight is 914 g/mol. The van der Waals surface area contributed by atoms with Crippen LogP contribution in [-0.2, 0) is 52.2 Å². The van der Waals surface area contributed by atoms with Crippen LogP contribution in [0.4, 0.5) is 0 Å². The third kappa shape index (κ3) is 11.0. The summed E-state index contributed by atoms with van der Waals surface area (Å²) < 4.78 is 54.9. The van der Waals surface area contributed by atoms with E-state index in [4.69, 9.17) is 53.1 Å². The molecule has 5 aliphatic rings. The van der Waals surface area contributed by atoms with Crippen LogP contribution in [-0.4, -0.2) is 281 Å².